The van der Waals surface area contributed by atoms with Crippen LogP contribution < -0.4 is 5.32 Å². The summed E-state index contributed by atoms with van der Waals surface area (Å²) in [5.41, 5.74) is 0. The summed E-state index contributed by atoms with van der Waals surface area (Å²) in [6.07, 6.45) is -0.768. The predicted octanol–water partition coefficient (Wildman–Crippen LogP) is -1.04. The number of carbonyl (C=O) groups excluding carboxylic acids is 2. The van der Waals surface area contributed by atoms with E-state index in [0.29, 0.717) is 6.54 Å². The third-order valence-electron chi connectivity index (χ3n) is 2.89. The number of carboxylic acids is 1. The molecule has 1 fully saturated rings. The highest BCUT2D eigenvalue weighted by Gasteiger charge is 2.30. The predicted molar refractivity (Wildman–Crippen MR) is 65.7 cm³/mol. The van der Waals surface area contributed by atoms with E-state index in [0.717, 1.165) is 0 Å². The van der Waals surface area contributed by atoms with Crippen LogP contribution in [-0.2, 0) is 14.3 Å². The standard InChI is InChI=1S/C11H19N3O5/c1-12-9(15)3-4-13(2)11(18)14-5-6-19-8(7-14)10(16)17/h8H,3-7H2,1-2H3,(H,12,15)(H,16,17). The third-order valence-corrected chi connectivity index (χ3v) is 2.89. The van der Waals surface area contributed by atoms with Gasteiger partial charge in [0.05, 0.1) is 13.2 Å². The van der Waals surface area contributed by atoms with Crippen molar-refractivity contribution in [2.24, 2.45) is 0 Å². The minimum atomic E-state index is -1.08. The van der Waals surface area contributed by atoms with E-state index in [9.17, 15) is 14.4 Å². The van der Waals surface area contributed by atoms with Crippen LogP contribution in [0.2, 0.25) is 0 Å². The molecule has 0 aliphatic carbocycles. The zero-order chi connectivity index (χ0) is 14.4. The molecule has 108 valence electrons. The molecule has 1 rings (SSSR count). The molecule has 8 heteroatoms. The first-order chi connectivity index (χ1) is 8.95. The number of carboxylic acid groups (broad SMARTS) is 1. The Balaban J connectivity index is 2.47. The van der Waals surface area contributed by atoms with Gasteiger partial charge in [-0.2, -0.15) is 0 Å². The van der Waals surface area contributed by atoms with Crippen molar-refractivity contribution in [3.8, 4) is 0 Å². The zero-order valence-corrected chi connectivity index (χ0v) is 11.1. The number of urea groups is 1. The second kappa shape index (κ2) is 6.93. The fourth-order valence-corrected chi connectivity index (χ4v) is 1.70. The van der Waals surface area contributed by atoms with Crippen molar-refractivity contribution in [1.29, 1.82) is 0 Å². The summed E-state index contributed by atoms with van der Waals surface area (Å²) >= 11 is 0. The molecule has 1 atom stereocenters. The van der Waals surface area contributed by atoms with Crippen LogP contribution in [0.25, 0.3) is 0 Å². The Morgan fingerprint density at radius 3 is 2.74 bits per heavy atom. The average molecular weight is 273 g/mol. The van der Waals surface area contributed by atoms with Gasteiger partial charge in [-0.25, -0.2) is 9.59 Å². The van der Waals surface area contributed by atoms with Crippen LogP contribution in [0.4, 0.5) is 4.79 Å². The number of morpholine rings is 1. The van der Waals surface area contributed by atoms with Gasteiger partial charge in [0.15, 0.2) is 6.10 Å². The first kappa shape index (κ1) is 15.2. The maximum atomic E-state index is 12.0. The lowest BCUT2D eigenvalue weighted by molar-refractivity contribution is -0.154. The number of nitrogens with one attached hydrogen (secondary N) is 1. The van der Waals surface area contributed by atoms with E-state index in [1.807, 2.05) is 0 Å². The molecule has 1 aliphatic rings. The molecule has 1 saturated heterocycles. The molecule has 1 heterocycles. The number of ether oxygens (including phenoxy) is 1. The highest BCUT2D eigenvalue weighted by molar-refractivity contribution is 5.79. The number of hydrogen-bond acceptors (Lipinski definition) is 4. The van der Waals surface area contributed by atoms with Crippen molar-refractivity contribution in [3.05, 3.63) is 0 Å². The van der Waals surface area contributed by atoms with Gasteiger partial charge in [0.1, 0.15) is 0 Å². The number of nitrogens with zero attached hydrogens (tertiary/aromatic N) is 2. The molecule has 1 unspecified atom stereocenters. The summed E-state index contributed by atoms with van der Waals surface area (Å²) in [4.78, 5) is 36.8. The minimum Gasteiger partial charge on any atom is -0.479 e. The quantitative estimate of drug-likeness (QED) is 0.681. The lowest BCUT2D eigenvalue weighted by atomic mass is 10.3. The van der Waals surface area contributed by atoms with Gasteiger partial charge in [-0.3, -0.25) is 4.79 Å². The van der Waals surface area contributed by atoms with Crippen molar-refractivity contribution < 1.29 is 24.2 Å². The number of rotatable bonds is 4. The molecule has 0 aromatic rings. The zero-order valence-electron chi connectivity index (χ0n) is 11.1. The van der Waals surface area contributed by atoms with Crippen molar-refractivity contribution in [3.63, 3.8) is 0 Å². The average Bonchev–Trinajstić information content (AvgIpc) is 2.43. The largest absolute Gasteiger partial charge is 0.479 e. The van der Waals surface area contributed by atoms with Crippen LogP contribution in [0.3, 0.4) is 0 Å². The maximum absolute atomic E-state index is 12.0. The normalized spacial score (nSPS) is 18.8. The molecule has 0 spiro atoms. The van der Waals surface area contributed by atoms with Gasteiger partial charge in [-0.15, -0.1) is 0 Å². The molecular formula is C11H19N3O5. The Morgan fingerprint density at radius 1 is 1.47 bits per heavy atom. The second-order valence-corrected chi connectivity index (χ2v) is 4.27. The Bertz CT molecular complexity index is 360. The monoisotopic (exact) mass is 273 g/mol. The van der Waals surface area contributed by atoms with Crippen molar-refractivity contribution >= 4 is 17.9 Å². The molecule has 2 N–H and O–H groups in total. The van der Waals surface area contributed by atoms with Crippen LogP contribution >= 0.6 is 0 Å². The lowest BCUT2D eigenvalue weighted by Gasteiger charge is -2.33. The van der Waals surface area contributed by atoms with Gasteiger partial charge in [0.2, 0.25) is 5.91 Å². The lowest BCUT2D eigenvalue weighted by Crippen LogP contribution is -2.52. The number of carbonyl (C=O) groups is 3. The highest BCUT2D eigenvalue weighted by Crippen LogP contribution is 2.08. The van der Waals surface area contributed by atoms with Crippen LogP contribution in [-0.4, -0.2) is 79.3 Å². The molecule has 0 bridgehead atoms. The van der Waals surface area contributed by atoms with Crippen LogP contribution in [0.5, 0.6) is 0 Å². The van der Waals surface area contributed by atoms with Gasteiger partial charge in [-0.1, -0.05) is 0 Å². The summed E-state index contributed by atoms with van der Waals surface area (Å²) in [6, 6.07) is -0.293. The van der Waals surface area contributed by atoms with Gasteiger partial charge >= 0.3 is 12.0 Å². The summed E-state index contributed by atoms with van der Waals surface area (Å²) in [6.45, 7) is 0.866. The van der Waals surface area contributed by atoms with Gasteiger partial charge in [0, 0.05) is 33.6 Å². The van der Waals surface area contributed by atoms with E-state index in [2.05, 4.69) is 5.32 Å². The van der Waals surface area contributed by atoms with Crippen LogP contribution in [0.1, 0.15) is 6.42 Å². The Morgan fingerprint density at radius 2 is 2.16 bits per heavy atom. The van der Waals surface area contributed by atoms with Gasteiger partial charge in [-0.05, 0) is 0 Å². The van der Waals surface area contributed by atoms with Crippen LogP contribution in [0, 0.1) is 0 Å². The molecule has 0 saturated carbocycles. The van der Waals surface area contributed by atoms with E-state index >= 15 is 0 Å². The number of hydrogen-bond donors (Lipinski definition) is 2. The number of amides is 3. The molecular weight excluding hydrogens is 254 g/mol. The van der Waals surface area contributed by atoms with Crippen molar-refractivity contribution in [2.45, 2.75) is 12.5 Å². The van der Waals surface area contributed by atoms with E-state index in [-0.39, 0.29) is 38.1 Å². The van der Waals surface area contributed by atoms with E-state index < -0.39 is 12.1 Å². The van der Waals surface area contributed by atoms with Crippen molar-refractivity contribution in [1.82, 2.24) is 15.1 Å². The Hall–Kier alpha value is -1.83. The molecule has 0 aromatic carbocycles. The fraction of sp³-hybridized carbons (Fsp3) is 0.727. The molecule has 0 aromatic heterocycles. The smallest absolute Gasteiger partial charge is 0.334 e. The molecule has 1 aliphatic heterocycles. The fourth-order valence-electron chi connectivity index (χ4n) is 1.70. The summed E-state index contributed by atoms with van der Waals surface area (Å²) in [7, 11) is 3.11. The van der Waals surface area contributed by atoms with Gasteiger partial charge in [0.25, 0.3) is 0 Å². The first-order valence-corrected chi connectivity index (χ1v) is 6.00. The highest BCUT2D eigenvalue weighted by atomic mass is 16.5. The number of aliphatic carboxylic acids is 1. The second-order valence-electron chi connectivity index (χ2n) is 4.27. The first-order valence-electron chi connectivity index (χ1n) is 6.00. The molecule has 0 radical (unpaired) electrons. The Labute approximate surface area is 111 Å². The summed E-state index contributed by atoms with van der Waals surface area (Å²) < 4.78 is 5.04. The van der Waals surface area contributed by atoms with E-state index in [1.54, 1.807) is 7.05 Å². The molecule has 19 heavy (non-hydrogen) atoms. The summed E-state index contributed by atoms with van der Waals surface area (Å²) in [5.74, 6) is -1.23. The van der Waals surface area contributed by atoms with Crippen LogP contribution in [0.15, 0.2) is 0 Å². The van der Waals surface area contributed by atoms with Gasteiger partial charge < -0.3 is 25.0 Å². The SMILES string of the molecule is CNC(=O)CCN(C)C(=O)N1CCOC(C(=O)O)C1. The Kier molecular flexibility index (Phi) is 5.56. The maximum Gasteiger partial charge on any atom is 0.334 e. The minimum absolute atomic E-state index is 0.0263. The molecule has 8 nitrogen and oxygen atoms in total. The third kappa shape index (κ3) is 4.40. The van der Waals surface area contributed by atoms with E-state index in [1.165, 1.54) is 16.8 Å². The topological polar surface area (TPSA) is 99.2 Å². The van der Waals surface area contributed by atoms with E-state index in [4.69, 9.17) is 9.84 Å². The molecule has 3 amide bonds. The van der Waals surface area contributed by atoms with Crippen molar-refractivity contribution in [2.75, 3.05) is 40.3 Å². The summed E-state index contributed by atoms with van der Waals surface area (Å²) in [5, 5.41) is 11.3.